The highest BCUT2D eigenvalue weighted by Gasteiger charge is 2.52. The molecule has 0 amide bonds. The van der Waals surface area contributed by atoms with E-state index in [-0.39, 0.29) is 11.6 Å². The average molecular weight is 445 g/mol. The summed E-state index contributed by atoms with van der Waals surface area (Å²) in [4.78, 5) is 0. The number of rotatable bonds is 7. The van der Waals surface area contributed by atoms with Crippen molar-refractivity contribution in [3.63, 3.8) is 0 Å². The highest BCUT2D eigenvalue weighted by molar-refractivity contribution is 6.99. The number of hydrogen-bond donors (Lipinski definition) is 2. The molecule has 0 bridgehead atoms. The van der Waals surface area contributed by atoms with Crippen molar-refractivity contribution in [3.05, 3.63) is 60.7 Å². The third kappa shape index (κ3) is 4.95. The van der Waals surface area contributed by atoms with Gasteiger partial charge in [-0.25, -0.2) is 0 Å². The Hall–Kier alpha value is -1.54. The Kier molecular flexibility index (Phi) is 7.10. The van der Waals surface area contributed by atoms with Gasteiger partial charge in [0.05, 0.1) is 12.7 Å². The fraction of sp³-hybridized carbons (Fsp3) is 0.520. The quantitative estimate of drug-likeness (QED) is 0.643. The van der Waals surface area contributed by atoms with Crippen molar-refractivity contribution in [3.8, 4) is 0 Å². The fourth-order valence-electron chi connectivity index (χ4n) is 4.55. The predicted octanol–water partition coefficient (Wildman–Crippen LogP) is 2.82. The van der Waals surface area contributed by atoms with E-state index in [1.165, 1.54) is 0 Å². The van der Waals surface area contributed by atoms with Crippen LogP contribution in [0.1, 0.15) is 41.5 Å². The molecule has 2 aromatic rings. The van der Waals surface area contributed by atoms with Gasteiger partial charge in [0.15, 0.2) is 5.79 Å². The van der Waals surface area contributed by atoms with E-state index in [9.17, 15) is 10.2 Å². The van der Waals surface area contributed by atoms with Crippen molar-refractivity contribution in [1.29, 1.82) is 0 Å². The zero-order valence-electron chi connectivity index (χ0n) is 19.4. The van der Waals surface area contributed by atoms with Gasteiger partial charge in [-0.1, -0.05) is 81.4 Å². The summed E-state index contributed by atoms with van der Waals surface area (Å²) >= 11 is 0. The van der Waals surface area contributed by atoms with Gasteiger partial charge < -0.3 is 24.1 Å². The van der Waals surface area contributed by atoms with Crippen LogP contribution in [-0.2, 0) is 13.9 Å². The summed E-state index contributed by atoms with van der Waals surface area (Å²) in [6, 6.07) is 20.6. The number of ether oxygens (including phenoxy) is 2. The van der Waals surface area contributed by atoms with E-state index in [0.717, 1.165) is 10.4 Å². The molecule has 5 nitrogen and oxygen atoms in total. The third-order valence-electron chi connectivity index (χ3n) is 5.91. The molecule has 1 saturated heterocycles. The molecule has 0 aromatic heterocycles. The Labute approximate surface area is 187 Å². The first kappa shape index (κ1) is 24.1. The Morgan fingerprint density at radius 2 is 1.35 bits per heavy atom. The molecule has 31 heavy (non-hydrogen) atoms. The predicted molar refractivity (Wildman–Crippen MR) is 125 cm³/mol. The van der Waals surface area contributed by atoms with Gasteiger partial charge >= 0.3 is 0 Å². The average Bonchev–Trinajstić information content (AvgIpc) is 3.05. The van der Waals surface area contributed by atoms with Crippen LogP contribution >= 0.6 is 0 Å². The molecule has 0 saturated carbocycles. The second kappa shape index (κ2) is 9.14. The molecule has 0 radical (unpaired) electrons. The molecule has 0 unspecified atom stereocenters. The molecule has 1 fully saturated rings. The van der Waals surface area contributed by atoms with Gasteiger partial charge in [0.1, 0.15) is 18.3 Å². The van der Waals surface area contributed by atoms with Gasteiger partial charge in [0, 0.05) is 0 Å². The van der Waals surface area contributed by atoms with Crippen LogP contribution in [0, 0.1) is 0 Å². The van der Waals surface area contributed by atoms with E-state index in [4.69, 9.17) is 13.9 Å². The van der Waals surface area contributed by atoms with Gasteiger partial charge in [-0.05, 0) is 36.2 Å². The number of aliphatic hydroxyl groups excluding tert-OH is 2. The molecule has 1 aliphatic rings. The summed E-state index contributed by atoms with van der Waals surface area (Å²) in [6.07, 6.45) is -3.00. The molecule has 4 atom stereocenters. The van der Waals surface area contributed by atoms with Gasteiger partial charge in [-0.2, -0.15) is 0 Å². The molecule has 1 heterocycles. The number of aliphatic hydroxyl groups is 2. The summed E-state index contributed by atoms with van der Waals surface area (Å²) in [6.45, 7) is 11.9. The zero-order valence-corrected chi connectivity index (χ0v) is 20.4. The molecular weight excluding hydrogens is 408 g/mol. The van der Waals surface area contributed by atoms with Crippen LogP contribution in [0.2, 0.25) is 5.04 Å². The topological polar surface area (TPSA) is 68.2 Å². The highest BCUT2D eigenvalue weighted by atomic mass is 28.4. The zero-order chi connectivity index (χ0) is 22.9. The van der Waals surface area contributed by atoms with Crippen molar-refractivity contribution in [1.82, 2.24) is 0 Å². The van der Waals surface area contributed by atoms with Crippen LogP contribution in [0.4, 0.5) is 0 Å². The minimum absolute atomic E-state index is 0.0839. The van der Waals surface area contributed by atoms with E-state index in [1.807, 2.05) is 36.4 Å². The first-order valence-electron chi connectivity index (χ1n) is 10.9. The molecule has 6 heteroatoms. The molecule has 170 valence electrons. The number of hydrogen-bond acceptors (Lipinski definition) is 5. The highest BCUT2D eigenvalue weighted by Crippen LogP contribution is 2.38. The normalized spacial score (nSPS) is 23.5. The summed E-state index contributed by atoms with van der Waals surface area (Å²) in [5, 5.41) is 23.4. The van der Waals surface area contributed by atoms with Crippen molar-refractivity contribution < 1.29 is 24.1 Å². The lowest BCUT2D eigenvalue weighted by molar-refractivity contribution is -0.161. The van der Waals surface area contributed by atoms with Crippen LogP contribution < -0.4 is 10.4 Å². The van der Waals surface area contributed by atoms with E-state index in [1.54, 1.807) is 20.8 Å². The van der Waals surface area contributed by atoms with Crippen molar-refractivity contribution in [2.45, 2.75) is 76.8 Å². The Bertz CT molecular complexity index is 792. The minimum Gasteiger partial charge on any atom is -0.405 e. The van der Waals surface area contributed by atoms with Gasteiger partial charge in [0.25, 0.3) is 8.32 Å². The standard InChI is InChI=1S/C25H36O5Si/c1-18(26)22-23(30-25(5,6)29-22)21(27)17-28-31(24(2,3)4,19-13-9-7-10-14-19)20-15-11-8-12-16-20/h7-16,18,21-23,26-27H,17H2,1-6H3/t18-,21+,22-,23+/m0/s1. The Morgan fingerprint density at radius 1 is 0.903 bits per heavy atom. The van der Waals surface area contributed by atoms with Crippen LogP contribution in [0.25, 0.3) is 0 Å². The largest absolute Gasteiger partial charge is 0.405 e. The monoisotopic (exact) mass is 444 g/mol. The Balaban J connectivity index is 1.96. The smallest absolute Gasteiger partial charge is 0.261 e. The lowest BCUT2D eigenvalue weighted by atomic mass is 10.1. The molecule has 1 aliphatic heterocycles. The summed E-state index contributed by atoms with van der Waals surface area (Å²) in [5.74, 6) is -0.870. The van der Waals surface area contributed by atoms with E-state index >= 15 is 0 Å². The lowest BCUT2D eigenvalue weighted by Gasteiger charge is -2.43. The first-order valence-corrected chi connectivity index (χ1v) is 12.9. The Morgan fingerprint density at radius 3 is 1.77 bits per heavy atom. The van der Waals surface area contributed by atoms with E-state index in [0.29, 0.717) is 0 Å². The molecule has 0 aliphatic carbocycles. The maximum Gasteiger partial charge on any atom is 0.261 e. The second-order valence-electron chi connectivity index (χ2n) is 9.85. The molecule has 3 rings (SSSR count). The van der Waals surface area contributed by atoms with Crippen LogP contribution in [0.15, 0.2) is 60.7 Å². The van der Waals surface area contributed by atoms with Crippen LogP contribution in [0.3, 0.4) is 0 Å². The van der Waals surface area contributed by atoms with Crippen molar-refractivity contribution in [2.75, 3.05) is 6.61 Å². The second-order valence-corrected chi connectivity index (χ2v) is 14.2. The van der Waals surface area contributed by atoms with Crippen molar-refractivity contribution >= 4 is 18.7 Å². The molecular formula is C25H36O5Si. The van der Waals surface area contributed by atoms with Gasteiger partial charge in [-0.3, -0.25) is 0 Å². The first-order chi connectivity index (χ1) is 14.5. The molecule has 2 aromatic carbocycles. The fourth-order valence-corrected chi connectivity index (χ4v) is 9.13. The molecule has 0 spiro atoms. The van der Waals surface area contributed by atoms with Crippen LogP contribution in [0.5, 0.6) is 0 Å². The molecule has 2 N–H and O–H groups in total. The summed E-state index contributed by atoms with van der Waals surface area (Å²) in [7, 11) is -2.77. The maximum absolute atomic E-state index is 11.1. The minimum atomic E-state index is -2.77. The van der Waals surface area contributed by atoms with Gasteiger partial charge in [-0.15, -0.1) is 0 Å². The third-order valence-corrected chi connectivity index (χ3v) is 10.9. The van der Waals surface area contributed by atoms with Gasteiger partial charge in [0.2, 0.25) is 0 Å². The number of benzene rings is 2. The summed E-state index contributed by atoms with van der Waals surface area (Å²) < 4.78 is 18.6. The lowest BCUT2D eigenvalue weighted by Crippen LogP contribution is -2.67. The maximum atomic E-state index is 11.1. The van der Waals surface area contributed by atoms with E-state index in [2.05, 4.69) is 45.0 Å². The SMILES string of the molecule is C[C@H](O)[C@@H]1OC(C)(C)O[C@@H]1[C@H](O)CO[Si](c1ccccc1)(c1ccccc1)C(C)(C)C. The summed E-state index contributed by atoms with van der Waals surface area (Å²) in [5.41, 5.74) is 0. The van der Waals surface area contributed by atoms with Crippen molar-refractivity contribution in [2.24, 2.45) is 0 Å². The van der Waals surface area contributed by atoms with E-state index < -0.39 is 38.5 Å². The van der Waals surface area contributed by atoms with Crippen LogP contribution in [-0.4, -0.2) is 55.3 Å².